The number of halogens is 1. The summed E-state index contributed by atoms with van der Waals surface area (Å²) in [5.41, 5.74) is 0. The van der Waals surface area contributed by atoms with Gasteiger partial charge in [0.25, 0.3) is 0 Å². The average Bonchev–Trinajstić information content (AvgIpc) is 2.28. The molecule has 0 aliphatic heterocycles. The fourth-order valence-corrected chi connectivity index (χ4v) is 2.42. The van der Waals surface area contributed by atoms with E-state index in [2.05, 4.69) is 15.3 Å². The van der Waals surface area contributed by atoms with E-state index in [1.807, 2.05) is 26.0 Å². The van der Waals surface area contributed by atoms with E-state index >= 15 is 0 Å². The van der Waals surface area contributed by atoms with Crippen LogP contribution in [0.1, 0.15) is 12.7 Å². The summed E-state index contributed by atoms with van der Waals surface area (Å²) in [4.78, 5) is 9.43. The second kappa shape index (κ2) is 5.82. The minimum absolute atomic E-state index is 0.238. The van der Waals surface area contributed by atoms with E-state index in [9.17, 15) is 4.39 Å². The average molecular weight is 263 g/mol. The van der Waals surface area contributed by atoms with Gasteiger partial charge in [-0.25, -0.2) is 14.4 Å². The Morgan fingerprint density at radius 3 is 2.83 bits per heavy atom. The first kappa shape index (κ1) is 12.8. The maximum Gasteiger partial charge on any atom is 0.130 e. The van der Waals surface area contributed by atoms with Gasteiger partial charge in [-0.3, -0.25) is 0 Å². The Bertz CT molecular complexity index is 546. The van der Waals surface area contributed by atoms with Crippen molar-refractivity contribution in [2.45, 2.75) is 23.8 Å². The normalized spacial score (nSPS) is 10.4. The van der Waals surface area contributed by atoms with Gasteiger partial charge in [-0.15, -0.1) is 0 Å². The highest BCUT2D eigenvalue weighted by molar-refractivity contribution is 7.99. The summed E-state index contributed by atoms with van der Waals surface area (Å²) in [5, 5.41) is 3.96. The number of hydrogen-bond acceptors (Lipinski definition) is 4. The standard InChI is InChI=1S/C13H14FN3S/c1-3-15-12-8-13(17-9(2)16-12)18-11-6-4-5-10(14)7-11/h4-8H,3H2,1-2H3,(H,15,16,17). The number of benzene rings is 1. The molecule has 3 nitrogen and oxygen atoms in total. The van der Waals surface area contributed by atoms with Crippen molar-refractivity contribution in [3.63, 3.8) is 0 Å². The van der Waals surface area contributed by atoms with E-state index in [0.717, 1.165) is 22.3 Å². The Hall–Kier alpha value is -1.62. The zero-order valence-electron chi connectivity index (χ0n) is 10.3. The van der Waals surface area contributed by atoms with Gasteiger partial charge in [-0.1, -0.05) is 17.8 Å². The van der Waals surface area contributed by atoms with Crippen LogP contribution < -0.4 is 5.32 Å². The first-order chi connectivity index (χ1) is 8.67. The molecule has 0 atom stereocenters. The minimum atomic E-state index is -0.238. The summed E-state index contributed by atoms with van der Waals surface area (Å²) < 4.78 is 13.1. The molecule has 1 aromatic heterocycles. The number of nitrogens with one attached hydrogen (secondary N) is 1. The van der Waals surface area contributed by atoms with Crippen molar-refractivity contribution >= 4 is 17.6 Å². The molecule has 0 fully saturated rings. The van der Waals surface area contributed by atoms with Crippen LogP contribution in [0.4, 0.5) is 10.2 Å². The van der Waals surface area contributed by atoms with Crippen molar-refractivity contribution in [1.29, 1.82) is 0 Å². The maximum atomic E-state index is 13.1. The van der Waals surface area contributed by atoms with Crippen LogP contribution in [-0.4, -0.2) is 16.5 Å². The van der Waals surface area contributed by atoms with E-state index in [1.54, 1.807) is 6.07 Å². The fourth-order valence-electron chi connectivity index (χ4n) is 1.52. The third-order valence-electron chi connectivity index (χ3n) is 2.19. The van der Waals surface area contributed by atoms with Crippen LogP contribution in [0.2, 0.25) is 0 Å². The number of rotatable bonds is 4. The van der Waals surface area contributed by atoms with E-state index in [4.69, 9.17) is 0 Å². The lowest BCUT2D eigenvalue weighted by molar-refractivity contribution is 0.624. The van der Waals surface area contributed by atoms with Gasteiger partial charge in [0.15, 0.2) is 0 Å². The summed E-state index contributed by atoms with van der Waals surface area (Å²) >= 11 is 1.42. The molecule has 0 radical (unpaired) electrons. The Labute approximate surface area is 110 Å². The third kappa shape index (κ3) is 3.43. The highest BCUT2D eigenvalue weighted by Gasteiger charge is 2.04. The van der Waals surface area contributed by atoms with Crippen LogP contribution in [0.25, 0.3) is 0 Å². The highest BCUT2D eigenvalue weighted by atomic mass is 32.2. The fraction of sp³-hybridized carbons (Fsp3) is 0.231. The summed E-state index contributed by atoms with van der Waals surface area (Å²) in [7, 11) is 0. The number of aromatic nitrogens is 2. The van der Waals surface area contributed by atoms with Crippen molar-refractivity contribution in [2.75, 3.05) is 11.9 Å². The molecular weight excluding hydrogens is 249 g/mol. The minimum Gasteiger partial charge on any atom is -0.370 e. The number of nitrogens with zero attached hydrogens (tertiary/aromatic N) is 2. The second-order valence-electron chi connectivity index (χ2n) is 3.73. The van der Waals surface area contributed by atoms with Gasteiger partial charge in [0.1, 0.15) is 22.5 Å². The van der Waals surface area contributed by atoms with Gasteiger partial charge >= 0.3 is 0 Å². The molecule has 0 spiro atoms. The second-order valence-corrected chi connectivity index (χ2v) is 4.82. The van der Waals surface area contributed by atoms with Crippen molar-refractivity contribution in [3.8, 4) is 0 Å². The van der Waals surface area contributed by atoms with Crippen molar-refractivity contribution in [2.24, 2.45) is 0 Å². The number of anilines is 1. The molecule has 5 heteroatoms. The number of aryl methyl sites for hydroxylation is 1. The summed E-state index contributed by atoms with van der Waals surface area (Å²) in [6, 6.07) is 8.34. The highest BCUT2D eigenvalue weighted by Crippen LogP contribution is 2.27. The molecule has 94 valence electrons. The molecule has 0 saturated heterocycles. The molecule has 0 aliphatic carbocycles. The van der Waals surface area contributed by atoms with E-state index in [0.29, 0.717) is 5.82 Å². The lowest BCUT2D eigenvalue weighted by Gasteiger charge is -2.06. The molecule has 0 unspecified atom stereocenters. The quantitative estimate of drug-likeness (QED) is 0.857. The topological polar surface area (TPSA) is 37.8 Å². The third-order valence-corrected chi connectivity index (χ3v) is 3.10. The van der Waals surface area contributed by atoms with Gasteiger partial charge < -0.3 is 5.32 Å². The Morgan fingerprint density at radius 1 is 1.28 bits per heavy atom. The van der Waals surface area contributed by atoms with Crippen LogP contribution in [0.5, 0.6) is 0 Å². The zero-order valence-corrected chi connectivity index (χ0v) is 11.1. The molecule has 0 saturated carbocycles. The molecule has 1 aromatic carbocycles. The molecular formula is C13H14FN3S. The lowest BCUT2D eigenvalue weighted by Crippen LogP contribution is -2.02. The Kier molecular flexibility index (Phi) is 4.15. The lowest BCUT2D eigenvalue weighted by atomic mass is 10.4. The molecule has 2 rings (SSSR count). The van der Waals surface area contributed by atoms with Crippen LogP contribution in [-0.2, 0) is 0 Å². The molecule has 0 aliphatic rings. The van der Waals surface area contributed by atoms with Gasteiger partial charge in [0, 0.05) is 17.5 Å². The summed E-state index contributed by atoms with van der Waals surface area (Å²) in [6.45, 7) is 4.66. The molecule has 2 aromatic rings. The van der Waals surface area contributed by atoms with E-state index < -0.39 is 0 Å². The predicted octanol–water partition coefficient (Wildman–Crippen LogP) is 3.51. The smallest absolute Gasteiger partial charge is 0.130 e. The summed E-state index contributed by atoms with van der Waals surface area (Å²) in [5.74, 6) is 1.26. The maximum absolute atomic E-state index is 13.1. The molecule has 0 bridgehead atoms. The first-order valence-corrected chi connectivity index (χ1v) is 6.52. The van der Waals surface area contributed by atoms with E-state index in [-0.39, 0.29) is 5.82 Å². The van der Waals surface area contributed by atoms with Crippen LogP contribution >= 0.6 is 11.8 Å². The van der Waals surface area contributed by atoms with Crippen molar-refractivity contribution in [3.05, 3.63) is 42.0 Å². The van der Waals surface area contributed by atoms with Crippen molar-refractivity contribution in [1.82, 2.24) is 9.97 Å². The van der Waals surface area contributed by atoms with Gasteiger partial charge in [-0.2, -0.15) is 0 Å². The van der Waals surface area contributed by atoms with Crippen LogP contribution in [0, 0.1) is 12.7 Å². The number of hydrogen-bond donors (Lipinski definition) is 1. The van der Waals surface area contributed by atoms with Gasteiger partial charge in [-0.05, 0) is 32.0 Å². The van der Waals surface area contributed by atoms with Gasteiger partial charge in [0.2, 0.25) is 0 Å². The largest absolute Gasteiger partial charge is 0.370 e. The molecule has 1 heterocycles. The predicted molar refractivity (Wildman–Crippen MR) is 71.5 cm³/mol. The van der Waals surface area contributed by atoms with Crippen LogP contribution in [0.15, 0.2) is 40.3 Å². The summed E-state index contributed by atoms with van der Waals surface area (Å²) in [6.07, 6.45) is 0. The molecule has 0 amide bonds. The van der Waals surface area contributed by atoms with Crippen LogP contribution in [0.3, 0.4) is 0 Å². The van der Waals surface area contributed by atoms with Gasteiger partial charge in [0.05, 0.1) is 0 Å². The Balaban J connectivity index is 2.23. The first-order valence-electron chi connectivity index (χ1n) is 5.70. The SMILES string of the molecule is CCNc1cc(Sc2cccc(F)c2)nc(C)n1. The zero-order chi connectivity index (χ0) is 13.0. The van der Waals surface area contributed by atoms with E-state index in [1.165, 1.54) is 23.9 Å². The Morgan fingerprint density at radius 2 is 2.11 bits per heavy atom. The monoisotopic (exact) mass is 263 g/mol. The molecule has 1 N–H and O–H groups in total. The molecule has 18 heavy (non-hydrogen) atoms. The van der Waals surface area contributed by atoms with Crippen molar-refractivity contribution < 1.29 is 4.39 Å².